The smallest absolute Gasteiger partial charge is 0.140 e. The van der Waals surface area contributed by atoms with Crippen LogP contribution in [0.25, 0.3) is 0 Å². The van der Waals surface area contributed by atoms with E-state index in [-0.39, 0.29) is 5.41 Å². The summed E-state index contributed by atoms with van der Waals surface area (Å²) in [5.74, 6) is 1.86. The van der Waals surface area contributed by atoms with Gasteiger partial charge < -0.3 is 15.0 Å². The van der Waals surface area contributed by atoms with Crippen molar-refractivity contribution in [2.24, 2.45) is 11.7 Å². The zero-order valence-electron chi connectivity index (χ0n) is 11.4. The Hall–Kier alpha value is -0.940. The Labute approximate surface area is 109 Å². The van der Waals surface area contributed by atoms with Gasteiger partial charge in [0.1, 0.15) is 12.2 Å². The molecule has 2 N–H and O–H groups in total. The van der Waals surface area contributed by atoms with Crippen molar-refractivity contribution >= 4 is 0 Å². The van der Waals surface area contributed by atoms with Crippen molar-refractivity contribution < 1.29 is 4.74 Å². The van der Waals surface area contributed by atoms with Crippen molar-refractivity contribution in [3.05, 3.63) is 12.2 Å². The monoisotopic (exact) mass is 252 g/mol. The number of hydrogen-bond acceptors (Lipinski definition) is 4. The maximum atomic E-state index is 6.06. The third kappa shape index (κ3) is 2.57. The second kappa shape index (κ2) is 5.80. The van der Waals surface area contributed by atoms with Crippen LogP contribution in [-0.4, -0.2) is 35.0 Å². The second-order valence-corrected chi connectivity index (χ2v) is 5.51. The largest absolute Gasteiger partial charge is 0.383 e. The molecule has 0 bridgehead atoms. The Kier molecular flexibility index (Phi) is 4.35. The van der Waals surface area contributed by atoms with E-state index in [1.807, 2.05) is 0 Å². The summed E-state index contributed by atoms with van der Waals surface area (Å²) < 4.78 is 7.24. The molecule has 2 rings (SSSR count). The summed E-state index contributed by atoms with van der Waals surface area (Å²) in [5, 5.41) is 8.40. The fourth-order valence-corrected chi connectivity index (χ4v) is 2.85. The van der Waals surface area contributed by atoms with Crippen LogP contribution in [0.1, 0.15) is 38.4 Å². The molecule has 0 amide bonds. The fourth-order valence-electron chi connectivity index (χ4n) is 2.85. The normalized spacial score (nSPS) is 28.5. The Morgan fingerprint density at radius 3 is 2.83 bits per heavy atom. The van der Waals surface area contributed by atoms with E-state index >= 15 is 0 Å². The van der Waals surface area contributed by atoms with E-state index in [0.29, 0.717) is 13.2 Å². The van der Waals surface area contributed by atoms with Crippen LogP contribution in [0.15, 0.2) is 6.33 Å². The van der Waals surface area contributed by atoms with Crippen LogP contribution < -0.4 is 5.73 Å². The molecule has 1 fully saturated rings. The minimum atomic E-state index is 0.0246. The van der Waals surface area contributed by atoms with Crippen LogP contribution in [0.5, 0.6) is 0 Å². The van der Waals surface area contributed by atoms with Crippen molar-refractivity contribution in [3.8, 4) is 0 Å². The Morgan fingerprint density at radius 1 is 1.50 bits per heavy atom. The van der Waals surface area contributed by atoms with E-state index in [2.05, 4.69) is 21.7 Å². The van der Waals surface area contributed by atoms with E-state index in [9.17, 15) is 0 Å². The second-order valence-electron chi connectivity index (χ2n) is 5.51. The lowest BCUT2D eigenvalue weighted by atomic mass is 9.70. The molecule has 1 saturated carbocycles. The quantitative estimate of drug-likeness (QED) is 0.858. The average molecular weight is 252 g/mol. The SMILES string of the molecule is COCCn1cnnc1C1(CN)CCC(C)CC1. The van der Waals surface area contributed by atoms with Gasteiger partial charge in [-0.2, -0.15) is 0 Å². The number of rotatable bonds is 5. The Balaban J connectivity index is 2.19. The van der Waals surface area contributed by atoms with E-state index in [1.165, 1.54) is 12.8 Å². The number of ether oxygens (including phenoxy) is 1. The maximum Gasteiger partial charge on any atom is 0.140 e. The number of nitrogens with two attached hydrogens (primary N) is 1. The van der Waals surface area contributed by atoms with Gasteiger partial charge in [-0.1, -0.05) is 6.92 Å². The summed E-state index contributed by atoms with van der Waals surface area (Å²) in [6.07, 6.45) is 6.50. The summed E-state index contributed by atoms with van der Waals surface area (Å²) >= 11 is 0. The highest BCUT2D eigenvalue weighted by atomic mass is 16.5. The zero-order valence-corrected chi connectivity index (χ0v) is 11.4. The number of hydrogen-bond donors (Lipinski definition) is 1. The van der Waals surface area contributed by atoms with Gasteiger partial charge in [0.2, 0.25) is 0 Å². The van der Waals surface area contributed by atoms with Gasteiger partial charge in [0, 0.05) is 25.6 Å². The first-order valence-electron chi connectivity index (χ1n) is 6.79. The molecule has 5 heteroatoms. The van der Waals surface area contributed by atoms with E-state index in [1.54, 1.807) is 13.4 Å². The predicted octanol–water partition coefficient (Wildman–Crippen LogP) is 1.33. The minimum Gasteiger partial charge on any atom is -0.383 e. The van der Waals surface area contributed by atoms with Crippen LogP contribution in [-0.2, 0) is 16.7 Å². The molecule has 18 heavy (non-hydrogen) atoms. The number of nitrogens with zero attached hydrogens (tertiary/aromatic N) is 3. The van der Waals surface area contributed by atoms with Crippen molar-refractivity contribution in [1.29, 1.82) is 0 Å². The highest BCUT2D eigenvalue weighted by Gasteiger charge is 2.38. The van der Waals surface area contributed by atoms with E-state index in [4.69, 9.17) is 10.5 Å². The van der Waals surface area contributed by atoms with Crippen molar-refractivity contribution in [3.63, 3.8) is 0 Å². The van der Waals surface area contributed by atoms with Crippen molar-refractivity contribution in [1.82, 2.24) is 14.8 Å². The lowest BCUT2D eigenvalue weighted by molar-refractivity contribution is 0.179. The number of methoxy groups -OCH3 is 1. The molecule has 0 aliphatic heterocycles. The third-order valence-corrected chi connectivity index (χ3v) is 4.25. The Bertz CT molecular complexity index is 369. The van der Waals surface area contributed by atoms with Gasteiger partial charge >= 0.3 is 0 Å². The van der Waals surface area contributed by atoms with Gasteiger partial charge in [-0.3, -0.25) is 0 Å². The average Bonchev–Trinajstić information content (AvgIpc) is 2.87. The van der Waals surface area contributed by atoms with Crippen LogP contribution in [0.3, 0.4) is 0 Å². The van der Waals surface area contributed by atoms with Gasteiger partial charge in [-0.05, 0) is 31.6 Å². The summed E-state index contributed by atoms with van der Waals surface area (Å²) in [4.78, 5) is 0. The fraction of sp³-hybridized carbons (Fsp3) is 0.846. The summed E-state index contributed by atoms with van der Waals surface area (Å²) in [5.41, 5.74) is 6.08. The van der Waals surface area contributed by atoms with Crippen molar-refractivity contribution in [2.75, 3.05) is 20.3 Å². The van der Waals surface area contributed by atoms with Gasteiger partial charge in [-0.15, -0.1) is 10.2 Å². The molecule has 0 saturated heterocycles. The molecule has 0 atom stereocenters. The topological polar surface area (TPSA) is 66.0 Å². The summed E-state index contributed by atoms with van der Waals surface area (Å²) in [6.45, 7) is 4.46. The van der Waals surface area contributed by atoms with E-state index < -0.39 is 0 Å². The maximum absolute atomic E-state index is 6.06. The molecule has 0 unspecified atom stereocenters. The molecular weight excluding hydrogens is 228 g/mol. The lowest BCUT2D eigenvalue weighted by Crippen LogP contribution is -2.41. The molecule has 0 aromatic carbocycles. The van der Waals surface area contributed by atoms with Crippen LogP contribution >= 0.6 is 0 Å². The standard InChI is InChI=1S/C13H24N4O/c1-11-3-5-13(9-14,6-4-11)12-16-15-10-17(12)7-8-18-2/h10-11H,3-9,14H2,1-2H3. The van der Waals surface area contributed by atoms with Crippen LogP contribution in [0.4, 0.5) is 0 Å². The molecule has 102 valence electrons. The van der Waals surface area contributed by atoms with Crippen LogP contribution in [0, 0.1) is 5.92 Å². The number of aromatic nitrogens is 3. The van der Waals surface area contributed by atoms with Gasteiger partial charge in [-0.25, -0.2) is 0 Å². The van der Waals surface area contributed by atoms with Crippen molar-refractivity contribution in [2.45, 2.75) is 44.6 Å². The lowest BCUT2D eigenvalue weighted by Gasteiger charge is -2.37. The molecule has 1 aliphatic rings. The molecule has 1 heterocycles. The minimum absolute atomic E-state index is 0.0246. The van der Waals surface area contributed by atoms with Crippen LogP contribution in [0.2, 0.25) is 0 Å². The third-order valence-electron chi connectivity index (χ3n) is 4.25. The summed E-state index contributed by atoms with van der Waals surface area (Å²) in [6, 6.07) is 0. The molecule has 5 nitrogen and oxygen atoms in total. The first-order valence-corrected chi connectivity index (χ1v) is 6.79. The van der Waals surface area contributed by atoms with Gasteiger partial charge in [0.25, 0.3) is 0 Å². The first kappa shape index (κ1) is 13.5. The highest BCUT2D eigenvalue weighted by Crippen LogP contribution is 2.39. The first-order chi connectivity index (χ1) is 8.72. The molecule has 0 spiro atoms. The zero-order chi connectivity index (χ0) is 13.0. The molecule has 1 aromatic heterocycles. The van der Waals surface area contributed by atoms with Gasteiger partial charge in [0.15, 0.2) is 0 Å². The Morgan fingerprint density at radius 2 is 2.22 bits per heavy atom. The molecular formula is C13H24N4O. The van der Waals surface area contributed by atoms with E-state index in [0.717, 1.165) is 31.1 Å². The summed E-state index contributed by atoms with van der Waals surface area (Å²) in [7, 11) is 1.71. The highest BCUT2D eigenvalue weighted by molar-refractivity contribution is 5.11. The molecule has 0 radical (unpaired) electrons. The molecule has 1 aromatic rings. The molecule has 1 aliphatic carbocycles. The predicted molar refractivity (Wildman–Crippen MR) is 70.3 cm³/mol. The van der Waals surface area contributed by atoms with Gasteiger partial charge in [0.05, 0.1) is 6.61 Å².